The van der Waals surface area contributed by atoms with Crippen LogP contribution in [-0.4, -0.2) is 28.3 Å². The molecule has 2 heterocycles. The number of benzene rings is 3. The van der Waals surface area contributed by atoms with Crippen LogP contribution in [0, 0.1) is 0 Å². The molecule has 0 amide bonds. The van der Waals surface area contributed by atoms with Gasteiger partial charge in [0.1, 0.15) is 0 Å². The van der Waals surface area contributed by atoms with Gasteiger partial charge in [-0.1, -0.05) is 53.5 Å². The Hall–Kier alpha value is -3.20. The number of ether oxygens (including phenoxy) is 3. The van der Waals surface area contributed by atoms with Gasteiger partial charge >= 0.3 is 5.97 Å². The Bertz CT molecular complexity index is 1450. The largest absolute Gasteiger partial charge is 0.464 e. The second kappa shape index (κ2) is 7.98. The first-order valence-corrected chi connectivity index (χ1v) is 11.9. The van der Waals surface area contributed by atoms with Crippen LogP contribution in [0.4, 0.5) is 5.69 Å². The van der Waals surface area contributed by atoms with Gasteiger partial charge in [-0.05, 0) is 35.9 Å². The number of methoxy groups -OCH3 is 1. The topological polar surface area (TPSA) is 82.1 Å². The van der Waals surface area contributed by atoms with Crippen molar-refractivity contribution in [3.8, 4) is 11.5 Å². The second-order valence-corrected chi connectivity index (χ2v) is 9.66. The minimum Gasteiger partial charge on any atom is -0.464 e. The first-order chi connectivity index (χ1) is 15.8. The highest BCUT2D eigenvalue weighted by Gasteiger charge is 2.43. The molecule has 5 rings (SSSR count). The molecule has 3 aromatic rings. The molecule has 2 aliphatic heterocycles. The number of hydrogen-bond acceptors (Lipinski definition) is 6. The number of fused-ring (bicyclic) bond motifs is 2. The number of rotatable bonds is 3. The molecule has 0 N–H and O–H groups in total. The molecule has 33 heavy (non-hydrogen) atoms. The fraction of sp³-hybridized carbons (Fsp3) is 0.0870. The number of anilines is 1. The van der Waals surface area contributed by atoms with Crippen LogP contribution in [0.1, 0.15) is 11.1 Å². The second-order valence-electron chi connectivity index (χ2n) is 7.12. The average molecular weight is 504 g/mol. The van der Waals surface area contributed by atoms with E-state index in [-0.39, 0.29) is 33.1 Å². The zero-order chi connectivity index (χ0) is 23.3. The van der Waals surface area contributed by atoms with E-state index in [1.807, 2.05) is 0 Å². The zero-order valence-electron chi connectivity index (χ0n) is 17.0. The summed E-state index contributed by atoms with van der Waals surface area (Å²) in [6.07, 6.45) is 0. The van der Waals surface area contributed by atoms with Crippen molar-refractivity contribution in [3.63, 3.8) is 0 Å². The summed E-state index contributed by atoms with van der Waals surface area (Å²) in [6.45, 7) is 0.0664. The first kappa shape index (κ1) is 21.6. The molecule has 0 saturated heterocycles. The number of sulfonamides is 1. The van der Waals surface area contributed by atoms with Crippen LogP contribution in [0.25, 0.3) is 5.57 Å². The first-order valence-electron chi connectivity index (χ1n) is 9.66. The van der Waals surface area contributed by atoms with Gasteiger partial charge in [-0.15, -0.1) is 0 Å². The molecule has 0 aromatic heterocycles. The summed E-state index contributed by atoms with van der Waals surface area (Å²) in [5.41, 5.74) is 1.01. The molecule has 0 fully saturated rings. The maximum absolute atomic E-state index is 13.8. The summed E-state index contributed by atoms with van der Waals surface area (Å²) in [4.78, 5) is 13.1. The Labute approximate surface area is 199 Å². The molecule has 10 heteroatoms. The fourth-order valence-electron chi connectivity index (χ4n) is 3.87. The summed E-state index contributed by atoms with van der Waals surface area (Å²) in [6, 6.07) is 16.1. The standard InChI is InChI=1S/C23H15Cl2NO6S/c1-30-23(27)22-20(13-9-10-17-18(11-13)32-12-31-17)14-5-2-3-8-19(14)33(28,29)26(22)16-7-4-6-15(24)21(16)25/h2-11H,12H2,1H3. The average Bonchev–Trinajstić information content (AvgIpc) is 3.28. The van der Waals surface area contributed by atoms with Crippen molar-refractivity contribution in [2.75, 3.05) is 18.2 Å². The van der Waals surface area contributed by atoms with Gasteiger partial charge in [0.15, 0.2) is 17.2 Å². The summed E-state index contributed by atoms with van der Waals surface area (Å²) in [5, 5.41) is 0.116. The van der Waals surface area contributed by atoms with E-state index < -0.39 is 16.0 Å². The third kappa shape index (κ3) is 3.33. The minimum absolute atomic E-state index is 0.00126. The monoisotopic (exact) mass is 503 g/mol. The SMILES string of the molecule is COC(=O)C1=C(c2ccc3c(c2)OCO3)c2ccccc2S(=O)(=O)N1c1cccc(Cl)c1Cl. The van der Waals surface area contributed by atoms with Crippen molar-refractivity contribution in [3.05, 3.63) is 87.5 Å². The normalized spacial score (nSPS) is 15.9. The Morgan fingerprint density at radius 2 is 1.76 bits per heavy atom. The van der Waals surface area contributed by atoms with E-state index in [1.54, 1.807) is 42.5 Å². The van der Waals surface area contributed by atoms with Crippen LogP contribution in [0.3, 0.4) is 0 Å². The van der Waals surface area contributed by atoms with Gasteiger partial charge in [0, 0.05) is 11.1 Å². The predicted octanol–water partition coefficient (Wildman–Crippen LogP) is 4.86. The molecule has 0 spiro atoms. The minimum atomic E-state index is -4.26. The summed E-state index contributed by atoms with van der Waals surface area (Å²) < 4.78 is 44.4. The number of esters is 1. The Morgan fingerprint density at radius 3 is 2.55 bits per heavy atom. The molecule has 0 radical (unpaired) electrons. The van der Waals surface area contributed by atoms with Crippen molar-refractivity contribution in [1.29, 1.82) is 0 Å². The smallest absolute Gasteiger partial charge is 0.356 e. The van der Waals surface area contributed by atoms with Crippen LogP contribution in [-0.2, 0) is 19.6 Å². The lowest BCUT2D eigenvalue weighted by Gasteiger charge is -2.33. The lowest BCUT2D eigenvalue weighted by atomic mass is 9.94. The van der Waals surface area contributed by atoms with Crippen LogP contribution >= 0.6 is 23.2 Å². The van der Waals surface area contributed by atoms with E-state index in [1.165, 1.54) is 25.3 Å². The van der Waals surface area contributed by atoms with E-state index in [0.29, 0.717) is 28.2 Å². The molecule has 7 nitrogen and oxygen atoms in total. The highest BCUT2D eigenvalue weighted by Crippen LogP contribution is 2.47. The van der Waals surface area contributed by atoms with Crippen molar-refractivity contribution in [2.45, 2.75) is 4.90 Å². The quantitative estimate of drug-likeness (QED) is 0.474. The highest BCUT2D eigenvalue weighted by atomic mass is 35.5. The van der Waals surface area contributed by atoms with Crippen LogP contribution in [0.2, 0.25) is 10.0 Å². The molecule has 0 saturated carbocycles. The van der Waals surface area contributed by atoms with E-state index in [9.17, 15) is 13.2 Å². The lowest BCUT2D eigenvalue weighted by molar-refractivity contribution is -0.136. The van der Waals surface area contributed by atoms with E-state index >= 15 is 0 Å². The van der Waals surface area contributed by atoms with Crippen LogP contribution in [0.5, 0.6) is 11.5 Å². The predicted molar refractivity (Wildman–Crippen MR) is 123 cm³/mol. The highest BCUT2D eigenvalue weighted by molar-refractivity contribution is 7.93. The molecule has 0 aliphatic carbocycles. The van der Waals surface area contributed by atoms with E-state index in [0.717, 1.165) is 4.31 Å². The van der Waals surface area contributed by atoms with Gasteiger partial charge in [0.05, 0.1) is 27.7 Å². The Balaban J connectivity index is 1.91. The zero-order valence-corrected chi connectivity index (χ0v) is 19.4. The third-order valence-corrected chi connectivity index (χ3v) is 7.89. The third-order valence-electron chi connectivity index (χ3n) is 5.30. The van der Waals surface area contributed by atoms with Crippen molar-refractivity contribution >= 4 is 50.5 Å². The molecular weight excluding hydrogens is 489 g/mol. The lowest BCUT2D eigenvalue weighted by Crippen LogP contribution is -2.39. The van der Waals surface area contributed by atoms with Gasteiger partial charge in [-0.2, -0.15) is 0 Å². The van der Waals surface area contributed by atoms with Gasteiger partial charge in [0.2, 0.25) is 6.79 Å². The molecular formula is C23H15Cl2NO6S. The van der Waals surface area contributed by atoms with Gasteiger partial charge < -0.3 is 14.2 Å². The van der Waals surface area contributed by atoms with Crippen molar-refractivity contribution in [1.82, 2.24) is 0 Å². The van der Waals surface area contributed by atoms with Gasteiger partial charge in [0.25, 0.3) is 10.0 Å². The number of hydrogen-bond donors (Lipinski definition) is 0. The van der Waals surface area contributed by atoms with Crippen LogP contribution in [0.15, 0.2) is 71.3 Å². The van der Waals surface area contributed by atoms with Crippen molar-refractivity contribution < 1.29 is 27.4 Å². The number of halogens is 2. The van der Waals surface area contributed by atoms with E-state index in [2.05, 4.69) is 0 Å². The fourth-order valence-corrected chi connectivity index (χ4v) is 6.01. The summed E-state index contributed by atoms with van der Waals surface area (Å²) >= 11 is 12.6. The maximum atomic E-state index is 13.8. The maximum Gasteiger partial charge on any atom is 0.356 e. The number of nitrogens with zero attached hydrogens (tertiary/aromatic N) is 1. The molecule has 168 valence electrons. The Kier molecular flexibility index (Phi) is 5.23. The van der Waals surface area contributed by atoms with Crippen LogP contribution < -0.4 is 13.8 Å². The molecule has 0 atom stereocenters. The molecule has 0 bridgehead atoms. The van der Waals surface area contributed by atoms with E-state index in [4.69, 9.17) is 37.4 Å². The summed E-state index contributed by atoms with van der Waals surface area (Å²) in [5.74, 6) is 0.157. The van der Waals surface area contributed by atoms with Crippen molar-refractivity contribution in [2.24, 2.45) is 0 Å². The molecule has 0 unspecified atom stereocenters. The Morgan fingerprint density at radius 1 is 1.00 bits per heavy atom. The molecule has 2 aliphatic rings. The summed E-state index contributed by atoms with van der Waals surface area (Å²) in [7, 11) is -3.08. The van der Waals surface area contributed by atoms with Gasteiger partial charge in [-0.3, -0.25) is 0 Å². The number of carbonyl (C=O) groups excluding carboxylic acids is 1. The van der Waals surface area contributed by atoms with Gasteiger partial charge in [-0.25, -0.2) is 17.5 Å². The number of carbonyl (C=O) groups is 1. The molecule has 3 aromatic carbocycles.